The highest BCUT2D eigenvalue weighted by Gasteiger charge is 2.23. The van der Waals surface area contributed by atoms with Gasteiger partial charge in [-0.05, 0) is 45.8 Å². The van der Waals surface area contributed by atoms with Gasteiger partial charge in [-0.3, -0.25) is 4.79 Å². The molecule has 2 nitrogen and oxygen atoms in total. The number of nitrogens with zero attached hydrogens (tertiary/aromatic N) is 1. The van der Waals surface area contributed by atoms with Crippen molar-refractivity contribution in [3.8, 4) is 0 Å². The topological polar surface area (TPSA) is 20.3 Å². The number of ketones is 1. The van der Waals surface area contributed by atoms with Crippen molar-refractivity contribution >= 4 is 5.78 Å². The Bertz CT molecular complexity index is 191. The molecule has 0 N–H and O–H groups in total. The summed E-state index contributed by atoms with van der Waals surface area (Å²) in [7, 11) is 2.18. The van der Waals surface area contributed by atoms with Crippen LogP contribution in [0.15, 0.2) is 0 Å². The molecule has 0 bridgehead atoms. The van der Waals surface area contributed by atoms with Crippen LogP contribution in [0.4, 0.5) is 0 Å². The van der Waals surface area contributed by atoms with E-state index in [9.17, 15) is 4.79 Å². The first-order valence-electron chi connectivity index (χ1n) is 6.45. The average molecular weight is 211 g/mol. The van der Waals surface area contributed by atoms with Crippen molar-refractivity contribution in [2.24, 2.45) is 5.92 Å². The molecule has 1 aliphatic carbocycles. The second-order valence-corrected chi connectivity index (χ2v) is 4.85. The molecule has 0 radical (unpaired) electrons. The van der Waals surface area contributed by atoms with E-state index in [4.69, 9.17) is 0 Å². The van der Waals surface area contributed by atoms with Gasteiger partial charge >= 0.3 is 0 Å². The van der Waals surface area contributed by atoms with Crippen LogP contribution in [0.2, 0.25) is 0 Å². The first-order chi connectivity index (χ1) is 7.24. The SMILES string of the molecule is CCCCCN(C)CCC1CCCC1=O. The molecule has 0 saturated heterocycles. The zero-order chi connectivity index (χ0) is 11.1. The van der Waals surface area contributed by atoms with Crippen LogP contribution in [0.3, 0.4) is 0 Å². The van der Waals surface area contributed by atoms with E-state index in [0.717, 1.165) is 32.2 Å². The number of carbonyl (C=O) groups is 1. The molecule has 0 aromatic rings. The van der Waals surface area contributed by atoms with E-state index >= 15 is 0 Å². The van der Waals surface area contributed by atoms with Gasteiger partial charge in [0.05, 0.1) is 0 Å². The van der Waals surface area contributed by atoms with E-state index < -0.39 is 0 Å². The van der Waals surface area contributed by atoms with E-state index in [1.54, 1.807) is 0 Å². The van der Waals surface area contributed by atoms with E-state index in [-0.39, 0.29) is 0 Å². The van der Waals surface area contributed by atoms with Crippen LogP contribution in [0, 0.1) is 5.92 Å². The van der Waals surface area contributed by atoms with E-state index in [2.05, 4.69) is 18.9 Å². The van der Waals surface area contributed by atoms with Crippen molar-refractivity contribution in [1.29, 1.82) is 0 Å². The van der Waals surface area contributed by atoms with Gasteiger partial charge in [-0.2, -0.15) is 0 Å². The third kappa shape index (κ3) is 4.78. The van der Waals surface area contributed by atoms with Gasteiger partial charge in [-0.25, -0.2) is 0 Å². The van der Waals surface area contributed by atoms with Crippen molar-refractivity contribution in [3.05, 3.63) is 0 Å². The normalized spacial score (nSPS) is 21.5. The van der Waals surface area contributed by atoms with Crippen molar-refractivity contribution in [3.63, 3.8) is 0 Å². The van der Waals surface area contributed by atoms with Gasteiger partial charge in [-0.15, -0.1) is 0 Å². The Morgan fingerprint density at radius 3 is 2.73 bits per heavy atom. The number of rotatable bonds is 7. The van der Waals surface area contributed by atoms with Crippen molar-refractivity contribution in [1.82, 2.24) is 4.90 Å². The Balaban J connectivity index is 2.05. The van der Waals surface area contributed by atoms with E-state index in [1.807, 2.05) is 0 Å². The van der Waals surface area contributed by atoms with Gasteiger partial charge in [0, 0.05) is 12.3 Å². The number of unbranched alkanes of at least 4 members (excludes halogenated alkanes) is 2. The monoisotopic (exact) mass is 211 g/mol. The largest absolute Gasteiger partial charge is 0.306 e. The molecule has 1 unspecified atom stereocenters. The lowest BCUT2D eigenvalue weighted by atomic mass is 10.0. The second kappa shape index (κ2) is 7.00. The van der Waals surface area contributed by atoms with Crippen LogP contribution in [-0.4, -0.2) is 30.8 Å². The van der Waals surface area contributed by atoms with Gasteiger partial charge in [-0.1, -0.05) is 19.8 Å². The maximum atomic E-state index is 11.4. The fourth-order valence-electron chi connectivity index (χ4n) is 2.31. The molecule has 0 amide bonds. The predicted molar refractivity (Wildman–Crippen MR) is 64.0 cm³/mol. The molecular formula is C13H25NO. The molecule has 1 aliphatic rings. The highest BCUT2D eigenvalue weighted by Crippen LogP contribution is 2.24. The molecule has 0 aliphatic heterocycles. The first-order valence-corrected chi connectivity index (χ1v) is 6.45. The smallest absolute Gasteiger partial charge is 0.136 e. The minimum absolute atomic E-state index is 0.388. The Labute approximate surface area is 94.0 Å². The lowest BCUT2D eigenvalue weighted by Gasteiger charge is -2.18. The standard InChI is InChI=1S/C13H25NO/c1-3-4-5-10-14(2)11-9-12-7-6-8-13(12)15/h12H,3-11H2,1-2H3. The quantitative estimate of drug-likeness (QED) is 0.603. The summed E-state index contributed by atoms with van der Waals surface area (Å²) in [6, 6.07) is 0. The lowest BCUT2D eigenvalue weighted by Crippen LogP contribution is -2.23. The number of hydrogen-bond donors (Lipinski definition) is 0. The summed E-state index contributed by atoms with van der Waals surface area (Å²) in [4.78, 5) is 13.8. The summed E-state index contributed by atoms with van der Waals surface area (Å²) in [5.41, 5.74) is 0. The van der Waals surface area contributed by atoms with Crippen LogP contribution >= 0.6 is 0 Å². The summed E-state index contributed by atoms with van der Waals surface area (Å²) in [5, 5.41) is 0. The maximum absolute atomic E-state index is 11.4. The molecule has 1 fully saturated rings. The molecule has 0 aromatic carbocycles. The van der Waals surface area contributed by atoms with Crippen molar-refractivity contribution in [2.45, 2.75) is 51.9 Å². The highest BCUT2D eigenvalue weighted by atomic mass is 16.1. The number of carbonyl (C=O) groups excluding carboxylic acids is 1. The van der Waals surface area contributed by atoms with Crippen LogP contribution in [0.25, 0.3) is 0 Å². The molecule has 1 saturated carbocycles. The second-order valence-electron chi connectivity index (χ2n) is 4.85. The molecule has 0 aromatic heterocycles. The number of hydrogen-bond acceptors (Lipinski definition) is 2. The molecule has 0 spiro atoms. The highest BCUT2D eigenvalue weighted by molar-refractivity contribution is 5.82. The van der Waals surface area contributed by atoms with E-state index in [1.165, 1.54) is 25.8 Å². The fraction of sp³-hybridized carbons (Fsp3) is 0.923. The van der Waals surface area contributed by atoms with Gasteiger partial charge in [0.15, 0.2) is 0 Å². The van der Waals surface area contributed by atoms with Crippen LogP contribution in [0.1, 0.15) is 51.9 Å². The molecule has 0 heterocycles. The van der Waals surface area contributed by atoms with E-state index in [0.29, 0.717) is 11.7 Å². The third-order valence-electron chi connectivity index (χ3n) is 3.43. The zero-order valence-electron chi connectivity index (χ0n) is 10.3. The summed E-state index contributed by atoms with van der Waals surface area (Å²) < 4.78 is 0. The van der Waals surface area contributed by atoms with Crippen LogP contribution < -0.4 is 0 Å². The summed E-state index contributed by atoms with van der Waals surface area (Å²) >= 11 is 0. The summed E-state index contributed by atoms with van der Waals surface area (Å²) in [5.74, 6) is 0.899. The summed E-state index contributed by atoms with van der Waals surface area (Å²) in [6.07, 6.45) is 8.10. The predicted octanol–water partition coefficient (Wildman–Crippen LogP) is 2.87. The summed E-state index contributed by atoms with van der Waals surface area (Å²) in [6.45, 7) is 4.52. The average Bonchev–Trinajstić information content (AvgIpc) is 2.61. The minimum Gasteiger partial charge on any atom is -0.306 e. The fourth-order valence-corrected chi connectivity index (χ4v) is 2.31. The molecule has 1 atom stereocenters. The first kappa shape index (κ1) is 12.7. The Morgan fingerprint density at radius 1 is 1.33 bits per heavy atom. The molecule has 1 rings (SSSR count). The van der Waals surface area contributed by atoms with Crippen LogP contribution in [0.5, 0.6) is 0 Å². The minimum atomic E-state index is 0.388. The van der Waals surface area contributed by atoms with Gasteiger partial charge in [0.1, 0.15) is 5.78 Å². The maximum Gasteiger partial charge on any atom is 0.136 e. The Morgan fingerprint density at radius 2 is 2.13 bits per heavy atom. The molecule has 2 heteroatoms. The van der Waals surface area contributed by atoms with Gasteiger partial charge in [0.25, 0.3) is 0 Å². The van der Waals surface area contributed by atoms with Gasteiger partial charge in [0.2, 0.25) is 0 Å². The number of Topliss-reactive ketones (excluding diaryl/α,β-unsaturated/α-hetero) is 1. The molecule has 88 valence electrons. The van der Waals surface area contributed by atoms with Crippen LogP contribution in [-0.2, 0) is 4.79 Å². The molecule has 15 heavy (non-hydrogen) atoms. The Hall–Kier alpha value is -0.370. The molecular weight excluding hydrogens is 186 g/mol. The van der Waals surface area contributed by atoms with Crippen molar-refractivity contribution in [2.75, 3.05) is 20.1 Å². The lowest BCUT2D eigenvalue weighted by molar-refractivity contribution is -0.120. The third-order valence-corrected chi connectivity index (χ3v) is 3.43. The van der Waals surface area contributed by atoms with Crippen molar-refractivity contribution < 1.29 is 4.79 Å². The van der Waals surface area contributed by atoms with Gasteiger partial charge < -0.3 is 4.90 Å². The zero-order valence-corrected chi connectivity index (χ0v) is 10.3. The Kier molecular flexibility index (Phi) is 5.92.